The summed E-state index contributed by atoms with van der Waals surface area (Å²) < 4.78 is 6.84. The highest BCUT2D eigenvalue weighted by atomic mass is 79.9. The van der Waals surface area contributed by atoms with Crippen LogP contribution in [0.2, 0.25) is 0 Å². The molecule has 0 bridgehead atoms. The van der Waals surface area contributed by atoms with Crippen LogP contribution in [0.4, 0.5) is 0 Å². The van der Waals surface area contributed by atoms with Gasteiger partial charge in [-0.15, -0.1) is 0 Å². The third kappa shape index (κ3) is 2.18. The molecule has 3 heteroatoms. The van der Waals surface area contributed by atoms with E-state index in [0.717, 1.165) is 15.8 Å². The van der Waals surface area contributed by atoms with Crippen LogP contribution in [-0.4, -0.2) is 11.2 Å². The minimum Gasteiger partial charge on any atom is -0.490 e. The second kappa shape index (κ2) is 4.14. The lowest BCUT2D eigenvalue weighted by molar-refractivity contribution is 0.0426. The molecule has 0 aromatic heterocycles. The topological polar surface area (TPSA) is 29.5 Å². The van der Waals surface area contributed by atoms with E-state index < -0.39 is 6.10 Å². The first-order valence-electron chi connectivity index (χ1n) is 5.22. The molecule has 2 nitrogen and oxygen atoms in total. The molecule has 2 rings (SSSR count). The Hall–Kier alpha value is -0.540. The van der Waals surface area contributed by atoms with Gasteiger partial charge in [0.15, 0.2) is 0 Å². The van der Waals surface area contributed by atoms with Crippen LogP contribution in [0.5, 0.6) is 5.75 Å². The van der Waals surface area contributed by atoms with E-state index >= 15 is 0 Å². The highest BCUT2D eigenvalue weighted by Gasteiger charge is 2.28. The van der Waals surface area contributed by atoms with E-state index in [4.69, 9.17) is 4.74 Å². The molecule has 0 saturated carbocycles. The number of ether oxygens (including phenoxy) is 1. The molecule has 0 fully saturated rings. The number of benzene rings is 1. The summed E-state index contributed by atoms with van der Waals surface area (Å²) in [5.41, 5.74) is 0.898. The van der Waals surface area contributed by atoms with Gasteiger partial charge in [-0.2, -0.15) is 0 Å². The van der Waals surface area contributed by atoms with Gasteiger partial charge in [0.05, 0.1) is 6.10 Å². The van der Waals surface area contributed by atoms with Gasteiger partial charge in [-0.25, -0.2) is 0 Å². The van der Waals surface area contributed by atoms with E-state index in [9.17, 15) is 5.11 Å². The molecule has 0 aliphatic carbocycles. The van der Waals surface area contributed by atoms with Gasteiger partial charge in [0.2, 0.25) is 0 Å². The van der Waals surface area contributed by atoms with E-state index in [1.807, 2.05) is 18.2 Å². The molecule has 1 heterocycles. The van der Waals surface area contributed by atoms with Gasteiger partial charge in [0.1, 0.15) is 11.9 Å². The van der Waals surface area contributed by atoms with Crippen LogP contribution in [0.1, 0.15) is 31.9 Å². The molecule has 1 aliphatic heterocycles. The van der Waals surface area contributed by atoms with Gasteiger partial charge in [-0.1, -0.05) is 35.8 Å². The maximum atomic E-state index is 9.98. The zero-order chi connectivity index (χ0) is 11.0. The normalized spacial score (nSPS) is 24.9. The van der Waals surface area contributed by atoms with E-state index in [1.54, 1.807) is 0 Å². The monoisotopic (exact) mass is 270 g/mol. The standard InChI is InChI=1S/C12H15BrO2/c1-7(2)11-6-10(14)9-4-3-8(13)5-12(9)15-11/h3-5,7,10-11,14H,6H2,1-2H3. The van der Waals surface area contributed by atoms with Crippen LogP contribution in [0.15, 0.2) is 22.7 Å². The summed E-state index contributed by atoms with van der Waals surface area (Å²) >= 11 is 3.41. The van der Waals surface area contributed by atoms with Gasteiger partial charge in [-0.3, -0.25) is 0 Å². The smallest absolute Gasteiger partial charge is 0.126 e. The van der Waals surface area contributed by atoms with Crippen LogP contribution in [0.25, 0.3) is 0 Å². The van der Waals surface area contributed by atoms with E-state index in [1.165, 1.54) is 0 Å². The summed E-state index contributed by atoms with van der Waals surface area (Å²) in [6.07, 6.45) is 0.405. The Morgan fingerprint density at radius 1 is 1.47 bits per heavy atom. The Bertz CT molecular complexity index is 363. The van der Waals surface area contributed by atoms with E-state index in [-0.39, 0.29) is 6.10 Å². The Balaban J connectivity index is 2.33. The number of fused-ring (bicyclic) bond motifs is 1. The predicted octanol–water partition coefficient (Wildman–Crippen LogP) is 3.29. The third-order valence-electron chi connectivity index (χ3n) is 2.81. The number of hydrogen-bond acceptors (Lipinski definition) is 2. The van der Waals surface area contributed by atoms with E-state index in [2.05, 4.69) is 29.8 Å². The zero-order valence-corrected chi connectivity index (χ0v) is 10.5. The average molecular weight is 271 g/mol. The molecule has 0 saturated heterocycles. The van der Waals surface area contributed by atoms with Crippen molar-refractivity contribution >= 4 is 15.9 Å². The predicted molar refractivity (Wildman–Crippen MR) is 63.0 cm³/mol. The van der Waals surface area contributed by atoms with Crippen molar-refractivity contribution < 1.29 is 9.84 Å². The van der Waals surface area contributed by atoms with Gasteiger partial charge < -0.3 is 9.84 Å². The molecular formula is C12H15BrO2. The summed E-state index contributed by atoms with van der Waals surface area (Å²) in [6, 6.07) is 5.77. The molecule has 0 amide bonds. The van der Waals surface area contributed by atoms with Gasteiger partial charge in [-0.05, 0) is 18.1 Å². The first-order chi connectivity index (χ1) is 7.08. The minimum atomic E-state index is -0.394. The molecule has 1 aromatic carbocycles. The molecule has 82 valence electrons. The Morgan fingerprint density at radius 3 is 2.87 bits per heavy atom. The molecule has 0 spiro atoms. The molecule has 0 radical (unpaired) electrons. The van der Waals surface area contributed by atoms with Crippen LogP contribution < -0.4 is 4.74 Å². The maximum Gasteiger partial charge on any atom is 0.126 e. The quantitative estimate of drug-likeness (QED) is 0.849. The zero-order valence-electron chi connectivity index (χ0n) is 8.90. The lowest BCUT2D eigenvalue weighted by atomic mass is 9.93. The number of aliphatic hydroxyl groups excluding tert-OH is 1. The van der Waals surface area contributed by atoms with Crippen molar-refractivity contribution in [2.24, 2.45) is 5.92 Å². The Labute approximate surface area is 98.4 Å². The van der Waals surface area contributed by atoms with Crippen molar-refractivity contribution in [3.63, 3.8) is 0 Å². The fraction of sp³-hybridized carbons (Fsp3) is 0.500. The summed E-state index contributed by atoms with van der Waals surface area (Å²) in [5.74, 6) is 1.23. The van der Waals surface area contributed by atoms with Gasteiger partial charge in [0, 0.05) is 16.5 Å². The van der Waals surface area contributed by atoms with Crippen molar-refractivity contribution in [3.05, 3.63) is 28.2 Å². The van der Waals surface area contributed by atoms with Crippen LogP contribution in [0, 0.1) is 5.92 Å². The van der Waals surface area contributed by atoms with Crippen LogP contribution in [-0.2, 0) is 0 Å². The average Bonchev–Trinajstić information content (AvgIpc) is 2.16. The van der Waals surface area contributed by atoms with Crippen molar-refractivity contribution in [1.82, 2.24) is 0 Å². The number of rotatable bonds is 1. The van der Waals surface area contributed by atoms with Gasteiger partial charge >= 0.3 is 0 Å². The molecular weight excluding hydrogens is 256 g/mol. The van der Waals surface area contributed by atoms with Gasteiger partial charge in [0.25, 0.3) is 0 Å². The minimum absolute atomic E-state index is 0.113. The molecule has 2 atom stereocenters. The summed E-state index contributed by atoms with van der Waals surface area (Å²) in [4.78, 5) is 0. The van der Waals surface area contributed by atoms with Crippen LogP contribution >= 0.6 is 15.9 Å². The number of halogens is 1. The third-order valence-corrected chi connectivity index (χ3v) is 3.31. The Morgan fingerprint density at radius 2 is 2.20 bits per heavy atom. The van der Waals surface area contributed by atoms with Crippen molar-refractivity contribution in [2.45, 2.75) is 32.5 Å². The molecule has 1 aliphatic rings. The van der Waals surface area contributed by atoms with Crippen LogP contribution in [0.3, 0.4) is 0 Å². The molecule has 1 N–H and O–H groups in total. The fourth-order valence-corrected chi connectivity index (χ4v) is 2.19. The fourth-order valence-electron chi connectivity index (χ4n) is 1.85. The van der Waals surface area contributed by atoms with E-state index in [0.29, 0.717) is 12.3 Å². The van der Waals surface area contributed by atoms with Crippen molar-refractivity contribution in [1.29, 1.82) is 0 Å². The Kier molecular flexibility index (Phi) is 3.03. The first kappa shape index (κ1) is 11.0. The lowest BCUT2D eigenvalue weighted by Gasteiger charge is -2.32. The molecule has 15 heavy (non-hydrogen) atoms. The lowest BCUT2D eigenvalue weighted by Crippen LogP contribution is -2.30. The molecule has 2 unspecified atom stereocenters. The maximum absolute atomic E-state index is 9.98. The molecule has 1 aromatic rings. The first-order valence-corrected chi connectivity index (χ1v) is 6.01. The van der Waals surface area contributed by atoms with Crippen molar-refractivity contribution in [2.75, 3.05) is 0 Å². The largest absolute Gasteiger partial charge is 0.490 e. The summed E-state index contributed by atoms with van der Waals surface area (Å²) in [5, 5.41) is 9.98. The SMILES string of the molecule is CC(C)C1CC(O)c2ccc(Br)cc2O1. The summed E-state index contributed by atoms with van der Waals surface area (Å²) in [6.45, 7) is 4.22. The highest BCUT2D eigenvalue weighted by molar-refractivity contribution is 9.10. The summed E-state index contributed by atoms with van der Waals surface area (Å²) in [7, 11) is 0. The number of aliphatic hydroxyl groups is 1. The highest BCUT2D eigenvalue weighted by Crippen LogP contribution is 2.38. The second-order valence-corrected chi connectivity index (χ2v) is 5.25. The second-order valence-electron chi connectivity index (χ2n) is 4.33. The van der Waals surface area contributed by atoms with Crippen molar-refractivity contribution in [3.8, 4) is 5.75 Å². The number of hydrogen-bond donors (Lipinski definition) is 1.